The average molecular weight is 1050 g/mol. The molecule has 410 valence electrons. The molecule has 0 aromatic rings. The van der Waals surface area contributed by atoms with Crippen molar-refractivity contribution in [3.8, 4) is 0 Å². The summed E-state index contributed by atoms with van der Waals surface area (Å²) < 4.78 is 84.4. The molecule has 0 aliphatic rings. The maximum absolute atomic E-state index is 6.61. The first-order valence-electron chi connectivity index (χ1n) is 26.3. The van der Waals surface area contributed by atoms with Gasteiger partial charge in [0.15, 0.2) is 0 Å². The van der Waals surface area contributed by atoms with E-state index in [1.54, 1.807) is 85.3 Å². The monoisotopic (exact) mass is 1050 g/mol. The third-order valence-electron chi connectivity index (χ3n) is 14.7. The molecule has 1 unspecified atom stereocenters. The zero-order valence-corrected chi connectivity index (χ0v) is 51.0. The lowest BCUT2D eigenvalue weighted by Crippen LogP contribution is -2.48. The Hall–Kier alpha value is 0.268. The molecule has 19 heteroatoms. The van der Waals surface area contributed by atoms with Crippen molar-refractivity contribution in [2.45, 2.75) is 186 Å². The molecule has 0 heterocycles. The van der Waals surface area contributed by atoms with E-state index in [2.05, 4.69) is 32.6 Å². The van der Waals surface area contributed by atoms with E-state index >= 15 is 0 Å². The summed E-state index contributed by atoms with van der Waals surface area (Å²) in [4.78, 5) is 2.86. The van der Waals surface area contributed by atoms with E-state index in [-0.39, 0.29) is 16.9 Å². The highest BCUT2D eigenvalue weighted by atomic mass is 28.4. The molecule has 0 aromatic carbocycles. The van der Waals surface area contributed by atoms with Gasteiger partial charge in [0.25, 0.3) is 0 Å². The normalized spacial score (nSPS) is 13.9. The Kier molecular flexibility index (Phi) is 39.8. The molecule has 0 aliphatic carbocycles. The van der Waals surface area contributed by atoms with E-state index in [1.807, 2.05) is 0 Å². The second-order valence-corrected chi connectivity index (χ2v) is 31.2. The van der Waals surface area contributed by atoms with Crippen LogP contribution in [0.1, 0.15) is 156 Å². The number of unbranched alkanes of at least 4 members (excludes halogenated alkanes) is 4. The molecule has 0 aliphatic heterocycles. The zero-order valence-electron chi connectivity index (χ0n) is 47.0. The zero-order chi connectivity index (χ0) is 51.3. The summed E-state index contributed by atoms with van der Waals surface area (Å²) in [6.07, 6.45) is 21.3. The molecule has 0 fully saturated rings. The third kappa shape index (κ3) is 25.0. The Balaban J connectivity index is 7.92. The molecule has 0 rings (SSSR count). The topological polar surface area (TPSA) is 132 Å². The quantitative estimate of drug-likeness (QED) is 0.0422. The summed E-state index contributed by atoms with van der Waals surface area (Å²) >= 11 is 0. The van der Waals surface area contributed by atoms with Gasteiger partial charge >= 0.3 is 35.2 Å². The lowest BCUT2D eigenvalue weighted by molar-refractivity contribution is 0.00672. The maximum Gasteiger partial charge on any atom is 0.500 e. The van der Waals surface area contributed by atoms with E-state index in [0.717, 1.165) is 90.3 Å². The van der Waals surface area contributed by atoms with Crippen LogP contribution in [-0.2, 0) is 62.6 Å². The Morgan fingerprint density at radius 2 is 0.662 bits per heavy atom. The third-order valence-corrected chi connectivity index (χ3v) is 26.1. The van der Waals surface area contributed by atoms with E-state index < -0.39 is 35.2 Å². The Morgan fingerprint density at radius 1 is 0.353 bits per heavy atom. The van der Waals surface area contributed by atoms with E-state index in [9.17, 15) is 0 Å². The highest BCUT2D eigenvalue weighted by Gasteiger charge is 2.45. The van der Waals surface area contributed by atoms with Crippen molar-refractivity contribution < 1.29 is 62.6 Å². The SMILES string of the molecule is CCCCOCCN(CC(CCCC)(CCCC)CCCC)C(CCOCCC[Si](OC)(OC)OC)CC(CCC[Si](OC)(OC)OC)(CCC[Si](OC)(OC)OC)CCC[Si](OC)(OC)OC. The largest absolute Gasteiger partial charge is 0.500 e. The van der Waals surface area contributed by atoms with Gasteiger partial charge in [0.2, 0.25) is 0 Å². The van der Waals surface area contributed by atoms with Crippen LogP contribution in [-0.4, -0.2) is 171 Å². The molecule has 0 spiro atoms. The lowest BCUT2D eigenvalue weighted by Gasteiger charge is -2.46. The maximum atomic E-state index is 6.61. The number of hydrogen-bond donors (Lipinski definition) is 0. The van der Waals surface area contributed by atoms with Crippen LogP contribution < -0.4 is 0 Å². The Bertz CT molecular complexity index is 1040. The standard InChI is InChI=1S/C49H109NO14Si4/c1-17-21-30-49(31-22-18-2,32-23-19-3)46-50(36-40-64-37-24-20-4)47(29-39-63-38-28-44-68(60-14,61-15)62-16)45-48(33-25-41-65(51-5,52-6)53-7,34-26-42-66(54-8,55-9)56-10)35-27-43-67(57-11,58-12)59-13/h47H,17-46H2,1-16H3. The molecule has 0 amide bonds. The smallest absolute Gasteiger partial charge is 0.381 e. The van der Waals surface area contributed by atoms with Crippen LogP contribution >= 0.6 is 0 Å². The van der Waals surface area contributed by atoms with Crippen molar-refractivity contribution in [3.63, 3.8) is 0 Å². The molecule has 15 nitrogen and oxygen atoms in total. The molecule has 0 radical (unpaired) electrons. The minimum Gasteiger partial charge on any atom is -0.381 e. The predicted octanol–water partition coefficient (Wildman–Crippen LogP) is 11.1. The molecule has 0 N–H and O–H groups in total. The molecule has 0 bridgehead atoms. The van der Waals surface area contributed by atoms with Crippen molar-refractivity contribution in [2.24, 2.45) is 10.8 Å². The van der Waals surface area contributed by atoms with Crippen molar-refractivity contribution in [3.05, 3.63) is 0 Å². The van der Waals surface area contributed by atoms with E-state index in [0.29, 0.717) is 44.0 Å². The lowest BCUT2D eigenvalue weighted by atomic mass is 9.69. The summed E-state index contributed by atoms with van der Waals surface area (Å²) in [7, 11) is 9.09. The van der Waals surface area contributed by atoms with Gasteiger partial charge in [-0.1, -0.05) is 72.6 Å². The summed E-state index contributed by atoms with van der Waals surface area (Å²) in [6, 6.07) is 3.04. The van der Waals surface area contributed by atoms with Gasteiger partial charge in [0, 0.05) is 148 Å². The second kappa shape index (κ2) is 39.7. The van der Waals surface area contributed by atoms with Crippen LogP contribution in [0.4, 0.5) is 0 Å². The van der Waals surface area contributed by atoms with Crippen molar-refractivity contribution >= 4 is 35.2 Å². The number of rotatable bonds is 51. The number of hydrogen-bond acceptors (Lipinski definition) is 15. The summed E-state index contributed by atoms with van der Waals surface area (Å²) in [6.45, 7) is 13.9. The molecular weight excluding hydrogens is 939 g/mol. The van der Waals surface area contributed by atoms with Gasteiger partial charge in [0.1, 0.15) is 0 Å². The first-order chi connectivity index (χ1) is 32.8. The molecule has 68 heavy (non-hydrogen) atoms. The molecule has 1 atom stereocenters. The van der Waals surface area contributed by atoms with Gasteiger partial charge in [-0.3, -0.25) is 4.90 Å². The van der Waals surface area contributed by atoms with Crippen molar-refractivity contribution in [1.29, 1.82) is 0 Å². The van der Waals surface area contributed by atoms with Gasteiger partial charge in [-0.25, -0.2) is 0 Å². The first-order valence-corrected chi connectivity index (χ1v) is 34.0. The summed E-state index contributed by atoms with van der Waals surface area (Å²) in [5.74, 6) is 0. The van der Waals surface area contributed by atoms with Crippen molar-refractivity contribution in [2.75, 3.05) is 125 Å². The minimum atomic E-state index is -2.87. The molecule has 0 aromatic heterocycles. The van der Waals surface area contributed by atoms with Crippen LogP contribution in [0, 0.1) is 10.8 Å². The molecular formula is C49H109NO14Si4. The fraction of sp³-hybridized carbons (Fsp3) is 1.00. The molecule has 0 saturated carbocycles. The summed E-state index contributed by atoms with van der Waals surface area (Å²) in [5.41, 5.74) is 0.0784. The minimum absolute atomic E-state index is 0.133. The van der Waals surface area contributed by atoms with Gasteiger partial charge in [-0.15, -0.1) is 0 Å². The second-order valence-electron chi connectivity index (χ2n) is 18.9. The van der Waals surface area contributed by atoms with Crippen molar-refractivity contribution in [1.82, 2.24) is 4.90 Å². The van der Waals surface area contributed by atoms with E-state index in [1.165, 1.54) is 57.8 Å². The van der Waals surface area contributed by atoms with Gasteiger partial charge in [-0.05, 0) is 94.3 Å². The summed E-state index contributed by atoms with van der Waals surface area (Å²) in [5, 5.41) is 0. The van der Waals surface area contributed by atoms with E-state index in [4.69, 9.17) is 62.6 Å². The van der Waals surface area contributed by atoms with Crippen LogP contribution in [0.5, 0.6) is 0 Å². The number of nitrogens with zero attached hydrogens (tertiary/aromatic N) is 1. The predicted molar refractivity (Wildman–Crippen MR) is 283 cm³/mol. The number of ether oxygens (including phenoxy) is 2. The fourth-order valence-electron chi connectivity index (χ4n) is 10.2. The Morgan fingerprint density at radius 3 is 1.00 bits per heavy atom. The highest BCUT2D eigenvalue weighted by molar-refractivity contribution is 6.61. The van der Waals surface area contributed by atoms with Crippen LogP contribution in [0.15, 0.2) is 0 Å². The first kappa shape index (κ1) is 68.3. The average Bonchev–Trinajstić information content (AvgIpc) is 3.37. The van der Waals surface area contributed by atoms with Crippen LogP contribution in [0.3, 0.4) is 0 Å². The Labute approximate surface area is 423 Å². The van der Waals surface area contributed by atoms with Crippen LogP contribution in [0.25, 0.3) is 0 Å². The fourth-order valence-corrected chi connectivity index (χ4v) is 17.0. The van der Waals surface area contributed by atoms with Gasteiger partial charge in [-0.2, -0.15) is 0 Å². The molecule has 0 saturated heterocycles. The highest BCUT2D eigenvalue weighted by Crippen LogP contribution is 2.46. The van der Waals surface area contributed by atoms with Crippen LogP contribution in [0.2, 0.25) is 24.2 Å². The van der Waals surface area contributed by atoms with Gasteiger partial charge < -0.3 is 62.6 Å². The van der Waals surface area contributed by atoms with Gasteiger partial charge in [0.05, 0.1) is 6.61 Å².